The van der Waals surface area contributed by atoms with E-state index < -0.39 is 0 Å². The Bertz CT molecular complexity index is 749. The average Bonchev–Trinajstić information content (AvgIpc) is 2.91. The molecular formula is C17H17N3O. The van der Waals surface area contributed by atoms with Crippen LogP contribution in [-0.2, 0) is 11.2 Å². The fourth-order valence-electron chi connectivity index (χ4n) is 2.45. The number of pyridine rings is 1. The predicted octanol–water partition coefficient (Wildman–Crippen LogP) is 2.98. The summed E-state index contributed by atoms with van der Waals surface area (Å²) in [6.07, 6.45) is 3.94. The van der Waals surface area contributed by atoms with Gasteiger partial charge in [-0.3, -0.25) is 4.79 Å². The molecule has 0 spiro atoms. The van der Waals surface area contributed by atoms with Gasteiger partial charge in [-0.1, -0.05) is 30.3 Å². The van der Waals surface area contributed by atoms with Crippen LogP contribution in [0.3, 0.4) is 0 Å². The maximum Gasteiger partial charge on any atom is 0.224 e. The molecule has 1 aromatic carbocycles. The van der Waals surface area contributed by atoms with Gasteiger partial charge in [0.05, 0.1) is 12.5 Å². The fraction of sp³-hybridized carbons (Fsp3) is 0.176. The Labute approximate surface area is 123 Å². The Balaban J connectivity index is 1.69. The monoisotopic (exact) mass is 279 g/mol. The number of nitrogens with one attached hydrogen (secondary N) is 2. The maximum atomic E-state index is 12.2. The predicted molar refractivity (Wildman–Crippen MR) is 82.8 cm³/mol. The number of fused-ring (bicyclic) bond motifs is 1. The van der Waals surface area contributed by atoms with E-state index in [9.17, 15) is 4.79 Å². The minimum Gasteiger partial charge on any atom is -0.349 e. The molecule has 3 aromatic rings. The van der Waals surface area contributed by atoms with E-state index in [1.165, 1.54) is 0 Å². The Morgan fingerprint density at radius 1 is 1.24 bits per heavy atom. The number of hydrogen-bond acceptors (Lipinski definition) is 2. The number of carbonyl (C=O) groups is 1. The second kappa shape index (κ2) is 5.79. The van der Waals surface area contributed by atoms with Crippen LogP contribution in [0.4, 0.5) is 0 Å². The minimum atomic E-state index is 0.00188. The van der Waals surface area contributed by atoms with Gasteiger partial charge < -0.3 is 10.3 Å². The number of hydrogen-bond donors (Lipinski definition) is 2. The van der Waals surface area contributed by atoms with Crippen LogP contribution >= 0.6 is 0 Å². The maximum absolute atomic E-state index is 12.2. The number of H-pyrrole nitrogens is 1. The van der Waals surface area contributed by atoms with Crippen molar-refractivity contribution in [3.63, 3.8) is 0 Å². The fourth-order valence-corrected chi connectivity index (χ4v) is 2.45. The molecule has 0 bridgehead atoms. The third kappa shape index (κ3) is 2.94. The molecule has 0 radical (unpaired) electrons. The van der Waals surface area contributed by atoms with Crippen molar-refractivity contribution in [2.45, 2.75) is 19.4 Å². The van der Waals surface area contributed by atoms with Crippen molar-refractivity contribution < 1.29 is 4.79 Å². The van der Waals surface area contributed by atoms with Crippen LogP contribution in [0.1, 0.15) is 24.1 Å². The molecule has 1 unspecified atom stereocenters. The van der Waals surface area contributed by atoms with Crippen molar-refractivity contribution in [1.29, 1.82) is 0 Å². The van der Waals surface area contributed by atoms with Gasteiger partial charge in [-0.05, 0) is 30.2 Å². The summed E-state index contributed by atoms with van der Waals surface area (Å²) in [5.41, 5.74) is 2.89. The summed E-state index contributed by atoms with van der Waals surface area (Å²) >= 11 is 0. The molecule has 0 aliphatic rings. The number of amides is 1. The highest BCUT2D eigenvalue weighted by atomic mass is 16.1. The number of nitrogens with zero attached hydrogens (tertiary/aromatic N) is 1. The number of aromatic amines is 1. The molecule has 2 N–H and O–H groups in total. The first-order chi connectivity index (χ1) is 10.2. The Morgan fingerprint density at radius 3 is 2.86 bits per heavy atom. The van der Waals surface area contributed by atoms with Crippen LogP contribution in [0.15, 0.2) is 54.9 Å². The molecule has 3 rings (SSSR count). The molecule has 0 aliphatic carbocycles. The summed E-state index contributed by atoms with van der Waals surface area (Å²) in [6, 6.07) is 13.8. The highest BCUT2D eigenvalue weighted by Gasteiger charge is 2.12. The molecule has 0 saturated carbocycles. The molecule has 0 fully saturated rings. The molecule has 2 heterocycles. The average molecular weight is 279 g/mol. The lowest BCUT2D eigenvalue weighted by atomic mass is 10.1. The van der Waals surface area contributed by atoms with Crippen molar-refractivity contribution in [2.24, 2.45) is 0 Å². The second-order valence-electron chi connectivity index (χ2n) is 5.09. The SMILES string of the molecule is CC(NC(=O)Cc1c[nH]c2ncccc12)c1ccccc1. The Morgan fingerprint density at radius 2 is 2.05 bits per heavy atom. The van der Waals surface area contributed by atoms with Crippen molar-refractivity contribution in [3.8, 4) is 0 Å². The third-order valence-electron chi connectivity index (χ3n) is 3.56. The lowest BCUT2D eigenvalue weighted by molar-refractivity contribution is -0.121. The molecule has 0 aliphatic heterocycles. The van der Waals surface area contributed by atoms with Crippen molar-refractivity contribution >= 4 is 16.9 Å². The highest BCUT2D eigenvalue weighted by Crippen LogP contribution is 2.17. The Hall–Kier alpha value is -2.62. The number of carbonyl (C=O) groups excluding carboxylic acids is 1. The van der Waals surface area contributed by atoms with Crippen LogP contribution < -0.4 is 5.32 Å². The summed E-state index contributed by atoms with van der Waals surface area (Å²) in [5, 5.41) is 4.03. The van der Waals surface area contributed by atoms with E-state index in [2.05, 4.69) is 15.3 Å². The summed E-state index contributed by atoms with van der Waals surface area (Å²) in [5.74, 6) is 0.0103. The van der Waals surface area contributed by atoms with Gasteiger partial charge in [0, 0.05) is 17.8 Å². The molecular weight excluding hydrogens is 262 g/mol. The largest absolute Gasteiger partial charge is 0.349 e. The quantitative estimate of drug-likeness (QED) is 0.771. The van der Waals surface area contributed by atoms with E-state index in [0.717, 1.165) is 22.2 Å². The lowest BCUT2D eigenvalue weighted by Crippen LogP contribution is -2.28. The molecule has 4 heteroatoms. The van der Waals surface area contributed by atoms with E-state index in [1.54, 1.807) is 6.20 Å². The third-order valence-corrected chi connectivity index (χ3v) is 3.56. The van der Waals surface area contributed by atoms with E-state index in [1.807, 2.05) is 55.6 Å². The smallest absolute Gasteiger partial charge is 0.224 e. The van der Waals surface area contributed by atoms with Crippen molar-refractivity contribution in [1.82, 2.24) is 15.3 Å². The van der Waals surface area contributed by atoms with Gasteiger partial charge in [0.2, 0.25) is 5.91 Å². The van der Waals surface area contributed by atoms with Crippen LogP contribution in [0.2, 0.25) is 0 Å². The zero-order chi connectivity index (χ0) is 14.7. The van der Waals surface area contributed by atoms with E-state index >= 15 is 0 Å². The minimum absolute atomic E-state index is 0.00188. The van der Waals surface area contributed by atoms with Crippen LogP contribution in [0, 0.1) is 0 Å². The van der Waals surface area contributed by atoms with Crippen LogP contribution in [0.25, 0.3) is 11.0 Å². The van der Waals surface area contributed by atoms with Gasteiger partial charge in [-0.15, -0.1) is 0 Å². The van der Waals surface area contributed by atoms with Gasteiger partial charge >= 0.3 is 0 Å². The van der Waals surface area contributed by atoms with Gasteiger partial charge in [0.25, 0.3) is 0 Å². The van der Waals surface area contributed by atoms with Crippen molar-refractivity contribution in [3.05, 3.63) is 66.0 Å². The van der Waals surface area contributed by atoms with E-state index in [0.29, 0.717) is 6.42 Å². The molecule has 21 heavy (non-hydrogen) atoms. The number of rotatable bonds is 4. The molecule has 106 valence electrons. The molecule has 2 aromatic heterocycles. The zero-order valence-corrected chi connectivity index (χ0v) is 11.8. The summed E-state index contributed by atoms with van der Waals surface area (Å²) in [6.45, 7) is 1.99. The summed E-state index contributed by atoms with van der Waals surface area (Å²) < 4.78 is 0. The summed E-state index contributed by atoms with van der Waals surface area (Å²) in [7, 11) is 0. The molecule has 0 saturated heterocycles. The van der Waals surface area contributed by atoms with Gasteiger partial charge in [-0.2, -0.15) is 0 Å². The zero-order valence-electron chi connectivity index (χ0n) is 11.8. The highest BCUT2D eigenvalue weighted by molar-refractivity contribution is 5.87. The summed E-state index contributed by atoms with van der Waals surface area (Å²) in [4.78, 5) is 19.5. The van der Waals surface area contributed by atoms with Gasteiger partial charge in [0.15, 0.2) is 0 Å². The topological polar surface area (TPSA) is 57.8 Å². The standard InChI is InChI=1S/C17H17N3O/c1-12(13-6-3-2-4-7-13)20-16(21)10-14-11-19-17-15(14)8-5-9-18-17/h2-9,11-12H,10H2,1H3,(H,18,19)(H,20,21). The van der Waals surface area contributed by atoms with Crippen LogP contribution in [0.5, 0.6) is 0 Å². The Kier molecular flexibility index (Phi) is 3.69. The number of aromatic nitrogens is 2. The first-order valence-electron chi connectivity index (χ1n) is 6.99. The first-order valence-corrected chi connectivity index (χ1v) is 6.99. The van der Waals surface area contributed by atoms with Crippen molar-refractivity contribution in [2.75, 3.05) is 0 Å². The van der Waals surface area contributed by atoms with Gasteiger partial charge in [-0.25, -0.2) is 4.98 Å². The lowest BCUT2D eigenvalue weighted by Gasteiger charge is -2.14. The van der Waals surface area contributed by atoms with Crippen LogP contribution in [-0.4, -0.2) is 15.9 Å². The molecule has 1 atom stereocenters. The number of benzene rings is 1. The van der Waals surface area contributed by atoms with Gasteiger partial charge in [0.1, 0.15) is 5.65 Å². The first kappa shape index (κ1) is 13.4. The van der Waals surface area contributed by atoms with E-state index in [-0.39, 0.29) is 11.9 Å². The van der Waals surface area contributed by atoms with E-state index in [4.69, 9.17) is 0 Å². The normalized spacial score (nSPS) is 12.2. The molecule has 4 nitrogen and oxygen atoms in total. The molecule has 1 amide bonds. The second-order valence-corrected chi connectivity index (χ2v) is 5.09.